The summed E-state index contributed by atoms with van der Waals surface area (Å²) in [4.78, 5) is 27.1. The van der Waals surface area contributed by atoms with E-state index in [0.717, 1.165) is 32.3 Å². The second kappa shape index (κ2) is 6.79. The van der Waals surface area contributed by atoms with Crippen LogP contribution in [0.4, 0.5) is 0 Å². The monoisotopic (exact) mass is 430 g/mol. The normalized spacial score (nSPS) is 11.3. The first-order valence-corrected chi connectivity index (χ1v) is 11.0. The molecule has 7 aromatic rings. The van der Waals surface area contributed by atoms with Crippen molar-refractivity contribution in [2.45, 2.75) is 0 Å². The highest BCUT2D eigenvalue weighted by atomic mass is 16.1. The zero-order valence-corrected chi connectivity index (χ0v) is 17.9. The maximum atomic E-state index is 13.8. The summed E-state index contributed by atoms with van der Waals surface area (Å²) in [6.07, 6.45) is 0. The van der Waals surface area contributed by atoms with E-state index in [1.807, 2.05) is 24.3 Å². The first kappa shape index (κ1) is 18.6. The molecule has 2 nitrogen and oxygen atoms in total. The van der Waals surface area contributed by atoms with Gasteiger partial charge in [0.05, 0.1) is 0 Å². The van der Waals surface area contributed by atoms with E-state index < -0.39 is 0 Å². The Kier molecular flexibility index (Phi) is 3.72. The second-order valence-electron chi connectivity index (χ2n) is 8.52. The molecule has 0 radical (unpaired) electrons. The van der Waals surface area contributed by atoms with E-state index in [9.17, 15) is 9.59 Å². The van der Waals surface area contributed by atoms with Gasteiger partial charge in [-0.15, -0.1) is 0 Å². The van der Waals surface area contributed by atoms with Gasteiger partial charge in [0.2, 0.25) is 0 Å². The van der Waals surface area contributed by atoms with Gasteiger partial charge < -0.3 is 0 Å². The van der Waals surface area contributed by atoms with Crippen LogP contribution in [0.5, 0.6) is 0 Å². The lowest BCUT2D eigenvalue weighted by atomic mass is 9.98. The molecule has 7 rings (SSSR count). The summed E-state index contributed by atoms with van der Waals surface area (Å²) < 4.78 is 0. The Balaban J connectivity index is 1.84. The summed E-state index contributed by atoms with van der Waals surface area (Å²) in [7, 11) is 0. The molecule has 0 unspecified atom stereocenters. The fourth-order valence-corrected chi connectivity index (χ4v) is 4.99. The van der Waals surface area contributed by atoms with Gasteiger partial charge in [-0.3, -0.25) is 9.59 Å². The van der Waals surface area contributed by atoms with Crippen LogP contribution in [0.1, 0.15) is 0 Å². The molecule has 2 heteroatoms. The van der Waals surface area contributed by atoms with Crippen LogP contribution in [0.15, 0.2) is 94.5 Å². The van der Waals surface area contributed by atoms with Crippen molar-refractivity contribution in [1.82, 2.24) is 0 Å². The highest BCUT2D eigenvalue weighted by Crippen LogP contribution is 2.28. The van der Waals surface area contributed by atoms with Crippen LogP contribution < -0.4 is 10.9 Å². The molecule has 0 N–H and O–H groups in total. The van der Waals surface area contributed by atoms with Gasteiger partial charge in [0, 0.05) is 43.1 Å². The minimum Gasteiger partial charge on any atom is -0.289 e. The number of hydrogen-bond acceptors (Lipinski definition) is 2. The fourth-order valence-electron chi connectivity index (χ4n) is 4.99. The topological polar surface area (TPSA) is 34.1 Å². The van der Waals surface area contributed by atoms with E-state index in [1.165, 1.54) is 0 Å². The van der Waals surface area contributed by atoms with Crippen molar-refractivity contribution < 1.29 is 0 Å². The molecule has 34 heavy (non-hydrogen) atoms. The van der Waals surface area contributed by atoms with Gasteiger partial charge in [-0.2, -0.15) is 0 Å². The van der Waals surface area contributed by atoms with Crippen molar-refractivity contribution in [2.24, 2.45) is 0 Å². The minimum absolute atomic E-state index is 0.168. The molecule has 0 saturated heterocycles. The number of benzene rings is 6. The van der Waals surface area contributed by atoms with Gasteiger partial charge in [-0.05, 0) is 57.9 Å². The fraction of sp³-hybridized carbons (Fsp3) is 0. The third-order valence-electron chi connectivity index (χ3n) is 6.62. The van der Waals surface area contributed by atoms with Gasteiger partial charge in [0.15, 0.2) is 10.9 Å². The lowest BCUT2D eigenvalue weighted by Gasteiger charge is -2.04. The number of rotatable bonds is 0. The van der Waals surface area contributed by atoms with E-state index in [0.29, 0.717) is 32.3 Å². The summed E-state index contributed by atoms with van der Waals surface area (Å²) in [5.41, 5.74) is -0.371. The van der Waals surface area contributed by atoms with Crippen molar-refractivity contribution in [3.05, 3.63) is 130 Å². The van der Waals surface area contributed by atoms with E-state index in [2.05, 4.69) is 48.5 Å². The summed E-state index contributed by atoms with van der Waals surface area (Å²) >= 11 is 0. The van der Waals surface area contributed by atoms with E-state index in [4.69, 9.17) is 0 Å². The van der Waals surface area contributed by atoms with Crippen LogP contribution in [0.3, 0.4) is 0 Å². The average Bonchev–Trinajstić information content (AvgIpc) is 2.87. The summed E-state index contributed by atoms with van der Waals surface area (Å²) in [5.74, 6) is 0. The second-order valence-corrected chi connectivity index (χ2v) is 8.52. The smallest absolute Gasteiger partial charge is 0.197 e. The van der Waals surface area contributed by atoms with Crippen molar-refractivity contribution >= 4 is 64.6 Å². The van der Waals surface area contributed by atoms with Crippen LogP contribution in [-0.2, 0) is 0 Å². The van der Waals surface area contributed by atoms with Gasteiger partial charge in [0.25, 0.3) is 0 Å². The highest BCUT2D eigenvalue weighted by molar-refractivity contribution is 6.11. The summed E-state index contributed by atoms with van der Waals surface area (Å²) in [6.45, 7) is 0. The SMILES string of the molecule is O=c1c2cccc3c#cc4cccc5cc6cccc(c#cc7cccc1c7c(=O)c32)c6cc45. The Morgan fingerprint density at radius 2 is 0.853 bits per heavy atom. The lowest BCUT2D eigenvalue weighted by molar-refractivity contribution is 1.69. The van der Waals surface area contributed by atoms with Crippen LogP contribution in [0.2, 0.25) is 0 Å². The van der Waals surface area contributed by atoms with Crippen LogP contribution in [0.25, 0.3) is 64.6 Å². The molecule has 0 heterocycles. The highest BCUT2D eigenvalue weighted by Gasteiger charge is 2.13. The molecule has 0 amide bonds. The van der Waals surface area contributed by atoms with Crippen molar-refractivity contribution in [2.75, 3.05) is 0 Å². The Morgan fingerprint density at radius 3 is 1.38 bits per heavy atom. The quantitative estimate of drug-likeness (QED) is 0.257. The molecule has 0 aliphatic rings. The first-order chi connectivity index (χ1) is 16.7. The average molecular weight is 430 g/mol. The largest absolute Gasteiger partial charge is 0.289 e. The molecule has 0 aromatic heterocycles. The first-order valence-electron chi connectivity index (χ1n) is 11.0. The van der Waals surface area contributed by atoms with E-state index in [-0.39, 0.29) is 10.9 Å². The molecule has 0 saturated carbocycles. The van der Waals surface area contributed by atoms with Crippen molar-refractivity contribution in [1.29, 1.82) is 0 Å². The molecule has 154 valence electrons. The standard InChI is InChI=1S/C32H14O2/c33-31-25-11-3-7-21-15-13-19-5-1-9-23-17-24-10-2-6-20(28(24)18-27(19)23)14-16-22-8-4-12-26(31)30(22)32(34)29(21)25/h1-12,17-18H. The zero-order chi connectivity index (χ0) is 22.8. The van der Waals surface area contributed by atoms with Gasteiger partial charge >= 0.3 is 0 Å². The third-order valence-corrected chi connectivity index (χ3v) is 6.62. The Labute approximate surface area is 194 Å². The molecule has 0 aliphatic heterocycles. The maximum Gasteiger partial charge on any atom is 0.197 e. The maximum absolute atomic E-state index is 13.8. The van der Waals surface area contributed by atoms with Crippen LogP contribution in [0, 0.1) is 24.3 Å². The number of hydrogen-bond donors (Lipinski definition) is 0. The summed E-state index contributed by atoms with van der Waals surface area (Å²) in [6, 6.07) is 40.0. The molecule has 0 atom stereocenters. The molecular formula is C32H14O2. The zero-order valence-electron chi connectivity index (χ0n) is 17.9. The predicted octanol–water partition coefficient (Wildman–Crippen LogP) is 6.53. The third kappa shape index (κ3) is 2.54. The van der Waals surface area contributed by atoms with Crippen LogP contribution >= 0.6 is 0 Å². The Morgan fingerprint density at radius 1 is 0.412 bits per heavy atom. The van der Waals surface area contributed by atoms with Gasteiger partial charge in [0.1, 0.15) is 0 Å². The molecular weight excluding hydrogens is 416 g/mol. The van der Waals surface area contributed by atoms with Crippen molar-refractivity contribution in [3.8, 4) is 0 Å². The van der Waals surface area contributed by atoms with Gasteiger partial charge in [-0.25, -0.2) is 0 Å². The minimum atomic E-state index is -0.202. The molecule has 0 aliphatic carbocycles. The Bertz CT molecular complexity index is 1960. The van der Waals surface area contributed by atoms with Crippen LogP contribution in [-0.4, -0.2) is 0 Å². The Hall–Kier alpha value is -4.92. The van der Waals surface area contributed by atoms with E-state index in [1.54, 1.807) is 36.4 Å². The molecule has 7 aromatic carbocycles. The molecule has 0 fully saturated rings. The van der Waals surface area contributed by atoms with E-state index >= 15 is 0 Å². The van der Waals surface area contributed by atoms with Crippen molar-refractivity contribution in [3.63, 3.8) is 0 Å². The molecule has 4 bridgehead atoms. The molecule has 0 spiro atoms. The lowest BCUT2D eigenvalue weighted by Crippen LogP contribution is -2.13. The summed E-state index contributed by atoms with van der Waals surface area (Å²) in [5, 5.41) is 8.61. The predicted molar refractivity (Wildman–Crippen MR) is 139 cm³/mol. The van der Waals surface area contributed by atoms with Gasteiger partial charge in [-0.1, -0.05) is 72.8 Å².